The molecule has 0 radical (unpaired) electrons. The van der Waals surface area contributed by atoms with Crippen LogP contribution >= 0.6 is 15.9 Å². The van der Waals surface area contributed by atoms with Crippen molar-refractivity contribution in [2.75, 3.05) is 5.32 Å². The van der Waals surface area contributed by atoms with Gasteiger partial charge in [-0.2, -0.15) is 0 Å². The molecule has 1 amide bonds. The number of carbonyl (C=O) groups is 1. The Morgan fingerprint density at radius 2 is 1.78 bits per heavy atom. The molecular weight excluding hydrogens is 435 g/mol. The van der Waals surface area contributed by atoms with Gasteiger partial charge in [-0.15, -0.1) is 0 Å². The number of nitrogens with one attached hydrogen (secondary N) is 2. The van der Waals surface area contributed by atoms with Gasteiger partial charge in [0.15, 0.2) is 0 Å². The van der Waals surface area contributed by atoms with Crippen molar-refractivity contribution in [3.63, 3.8) is 0 Å². The Labute approximate surface area is 166 Å². The monoisotopic (exact) mass is 454 g/mol. The summed E-state index contributed by atoms with van der Waals surface area (Å²) < 4.78 is 42.7. The van der Waals surface area contributed by atoms with Gasteiger partial charge in [-0.3, -0.25) is 4.79 Å². The second-order valence-electron chi connectivity index (χ2n) is 6.53. The molecule has 1 aliphatic carbocycles. The highest BCUT2D eigenvalue weighted by Gasteiger charge is 2.24. The van der Waals surface area contributed by atoms with Gasteiger partial charge in [-0.25, -0.2) is 17.5 Å². The predicted molar refractivity (Wildman–Crippen MR) is 106 cm³/mol. The van der Waals surface area contributed by atoms with Gasteiger partial charge >= 0.3 is 0 Å². The Kier molecular flexibility index (Phi) is 6.29. The van der Waals surface area contributed by atoms with E-state index in [4.69, 9.17) is 0 Å². The molecule has 1 aliphatic rings. The number of halogens is 2. The summed E-state index contributed by atoms with van der Waals surface area (Å²) >= 11 is 3.30. The lowest BCUT2D eigenvalue weighted by molar-refractivity contribution is 0.102. The average Bonchev–Trinajstić information content (AvgIpc) is 2.64. The van der Waals surface area contributed by atoms with Crippen molar-refractivity contribution in [2.24, 2.45) is 0 Å². The summed E-state index contributed by atoms with van der Waals surface area (Å²) in [6, 6.07) is 10.0. The number of hydrogen-bond acceptors (Lipinski definition) is 3. The molecule has 5 nitrogen and oxygen atoms in total. The lowest BCUT2D eigenvalue weighted by Crippen LogP contribution is -2.36. The topological polar surface area (TPSA) is 75.3 Å². The maximum absolute atomic E-state index is 14.2. The number of hydrogen-bond donors (Lipinski definition) is 2. The molecule has 0 atom stereocenters. The molecule has 2 aromatic rings. The van der Waals surface area contributed by atoms with E-state index < -0.39 is 21.7 Å². The van der Waals surface area contributed by atoms with Crippen LogP contribution in [0.1, 0.15) is 42.5 Å². The minimum absolute atomic E-state index is 0.119. The molecule has 3 rings (SSSR count). The number of amides is 1. The number of sulfonamides is 1. The van der Waals surface area contributed by atoms with Crippen molar-refractivity contribution in [1.29, 1.82) is 0 Å². The van der Waals surface area contributed by atoms with Crippen molar-refractivity contribution in [3.05, 3.63) is 58.3 Å². The summed E-state index contributed by atoms with van der Waals surface area (Å²) in [5.74, 6) is -1.50. The van der Waals surface area contributed by atoms with Crippen molar-refractivity contribution in [1.82, 2.24) is 4.72 Å². The zero-order valence-corrected chi connectivity index (χ0v) is 16.9. The third-order valence-electron chi connectivity index (χ3n) is 4.54. The van der Waals surface area contributed by atoms with Crippen molar-refractivity contribution >= 4 is 37.5 Å². The van der Waals surface area contributed by atoms with Gasteiger partial charge in [-0.1, -0.05) is 31.4 Å². The molecule has 2 N–H and O–H groups in total. The molecule has 1 fully saturated rings. The van der Waals surface area contributed by atoms with Gasteiger partial charge in [0.25, 0.3) is 5.91 Å². The quantitative estimate of drug-likeness (QED) is 0.700. The molecule has 1 saturated carbocycles. The summed E-state index contributed by atoms with van der Waals surface area (Å²) in [7, 11) is -3.82. The SMILES string of the molecule is O=C(Nc1ccccc1Br)c1cc(S(=O)(=O)NC2CCCCC2)ccc1F. The van der Waals surface area contributed by atoms with Gasteiger partial charge in [0.2, 0.25) is 10.0 Å². The molecular formula is C19H20BrFN2O3S. The fraction of sp³-hybridized carbons (Fsp3) is 0.316. The number of benzene rings is 2. The lowest BCUT2D eigenvalue weighted by atomic mass is 9.96. The van der Waals surface area contributed by atoms with Crippen LogP contribution in [0.5, 0.6) is 0 Å². The highest BCUT2D eigenvalue weighted by molar-refractivity contribution is 9.10. The Morgan fingerprint density at radius 3 is 2.48 bits per heavy atom. The van der Waals surface area contributed by atoms with Gasteiger partial charge in [0.05, 0.1) is 16.1 Å². The molecule has 0 heterocycles. The predicted octanol–water partition coefficient (Wildman–Crippen LogP) is 4.45. The summed E-state index contributed by atoms with van der Waals surface area (Å²) in [6.07, 6.45) is 4.65. The Bertz CT molecular complexity index is 944. The number of para-hydroxylation sites is 1. The first-order chi connectivity index (χ1) is 12.9. The van der Waals surface area contributed by atoms with Crippen LogP contribution in [0.25, 0.3) is 0 Å². The van der Waals surface area contributed by atoms with Crippen LogP contribution in [0.4, 0.5) is 10.1 Å². The van der Waals surface area contributed by atoms with Gasteiger partial charge in [-0.05, 0) is 59.1 Å². The first-order valence-corrected chi connectivity index (χ1v) is 11.0. The van der Waals surface area contributed by atoms with Crippen LogP contribution in [0.3, 0.4) is 0 Å². The molecule has 0 aromatic heterocycles. The van der Waals surface area contributed by atoms with E-state index in [1.165, 1.54) is 6.07 Å². The number of rotatable bonds is 5. The van der Waals surface area contributed by atoms with Crippen molar-refractivity contribution in [2.45, 2.75) is 43.0 Å². The summed E-state index contributed by atoms with van der Waals surface area (Å²) in [6.45, 7) is 0. The summed E-state index contributed by atoms with van der Waals surface area (Å²) in [5, 5.41) is 2.59. The average molecular weight is 455 g/mol. The summed E-state index contributed by atoms with van der Waals surface area (Å²) in [4.78, 5) is 12.4. The van der Waals surface area contributed by atoms with E-state index in [2.05, 4.69) is 26.0 Å². The van der Waals surface area contributed by atoms with Crippen LogP contribution in [0.15, 0.2) is 51.8 Å². The molecule has 2 aromatic carbocycles. The molecule has 0 bridgehead atoms. The van der Waals surface area contributed by atoms with E-state index in [1.807, 2.05) is 0 Å². The maximum Gasteiger partial charge on any atom is 0.258 e. The second-order valence-corrected chi connectivity index (χ2v) is 9.10. The molecule has 0 saturated heterocycles. The number of carbonyl (C=O) groups excluding carboxylic acids is 1. The molecule has 0 unspecified atom stereocenters. The van der Waals surface area contributed by atoms with Gasteiger partial charge < -0.3 is 5.32 Å². The minimum atomic E-state index is -3.82. The van der Waals surface area contributed by atoms with Crippen LogP contribution in [0, 0.1) is 5.82 Å². The van der Waals surface area contributed by atoms with E-state index in [-0.39, 0.29) is 16.5 Å². The lowest BCUT2D eigenvalue weighted by Gasteiger charge is -2.22. The summed E-state index contributed by atoms with van der Waals surface area (Å²) in [5.41, 5.74) is 0.146. The van der Waals surface area contributed by atoms with Crippen LogP contribution in [-0.4, -0.2) is 20.4 Å². The first kappa shape index (κ1) is 20.0. The van der Waals surface area contributed by atoms with Crippen LogP contribution < -0.4 is 10.0 Å². The second kappa shape index (κ2) is 8.50. The number of anilines is 1. The smallest absolute Gasteiger partial charge is 0.258 e. The van der Waals surface area contributed by atoms with Crippen molar-refractivity contribution in [3.8, 4) is 0 Å². The highest BCUT2D eigenvalue weighted by Crippen LogP contribution is 2.24. The molecule has 0 spiro atoms. The zero-order valence-electron chi connectivity index (χ0n) is 14.5. The Morgan fingerprint density at radius 1 is 1.07 bits per heavy atom. The van der Waals surface area contributed by atoms with E-state index in [0.29, 0.717) is 10.2 Å². The molecule has 0 aliphatic heterocycles. The molecule has 27 heavy (non-hydrogen) atoms. The van der Waals surface area contributed by atoms with Crippen LogP contribution in [-0.2, 0) is 10.0 Å². The normalized spacial score (nSPS) is 15.5. The largest absolute Gasteiger partial charge is 0.321 e. The third-order valence-corrected chi connectivity index (χ3v) is 6.75. The standard InChI is InChI=1S/C19H20BrFN2O3S/c20-16-8-4-5-9-18(16)22-19(24)15-12-14(10-11-17(15)21)27(25,26)23-13-6-2-1-3-7-13/h4-5,8-13,23H,1-3,6-7H2,(H,22,24). The zero-order chi connectivity index (χ0) is 19.4. The van der Waals surface area contributed by atoms with E-state index in [0.717, 1.165) is 44.2 Å². The third kappa shape index (κ3) is 4.94. The van der Waals surface area contributed by atoms with Crippen molar-refractivity contribution < 1.29 is 17.6 Å². The van der Waals surface area contributed by atoms with E-state index in [1.54, 1.807) is 24.3 Å². The molecule has 144 valence electrons. The fourth-order valence-electron chi connectivity index (χ4n) is 3.11. The fourth-order valence-corrected chi connectivity index (χ4v) is 4.82. The minimum Gasteiger partial charge on any atom is -0.321 e. The van der Waals surface area contributed by atoms with Gasteiger partial charge in [0, 0.05) is 10.5 Å². The highest BCUT2D eigenvalue weighted by atomic mass is 79.9. The van der Waals surface area contributed by atoms with Gasteiger partial charge in [0.1, 0.15) is 5.82 Å². The maximum atomic E-state index is 14.2. The Hall–Kier alpha value is -1.77. The van der Waals surface area contributed by atoms with E-state index in [9.17, 15) is 17.6 Å². The first-order valence-electron chi connectivity index (χ1n) is 8.74. The van der Waals surface area contributed by atoms with E-state index >= 15 is 0 Å². The molecule has 8 heteroatoms. The van der Waals surface area contributed by atoms with Crippen LogP contribution in [0.2, 0.25) is 0 Å². The Balaban J connectivity index is 1.83.